The van der Waals surface area contributed by atoms with Gasteiger partial charge in [0.15, 0.2) is 0 Å². The number of hydroxylamine groups is 1. The van der Waals surface area contributed by atoms with Crippen LogP contribution in [-0.2, 0) is 38.0 Å². The number of carbonyl (C=O) groups is 1. The fraction of sp³-hybridized carbons (Fsp3) is 0.957. The summed E-state index contributed by atoms with van der Waals surface area (Å²) in [5.41, 5.74) is 12.4. The molecule has 0 rings (SSSR count). The van der Waals surface area contributed by atoms with Crippen molar-refractivity contribution in [3.63, 3.8) is 0 Å². The van der Waals surface area contributed by atoms with Crippen molar-refractivity contribution in [2.24, 2.45) is 11.5 Å². The molecule has 0 aromatic carbocycles. The molecule has 0 atom stereocenters. The molecule has 0 spiro atoms. The molecule has 0 aliphatic heterocycles. The topological polar surface area (TPSA) is 158 Å². The second kappa shape index (κ2) is 25.5. The molecular weight excluding hydrogens is 476 g/mol. The van der Waals surface area contributed by atoms with E-state index in [0.29, 0.717) is 92.4 Å². The van der Waals surface area contributed by atoms with Gasteiger partial charge in [-0.3, -0.25) is 9.74 Å². The minimum absolute atomic E-state index is 0.210. The Morgan fingerprint density at radius 1 is 0.611 bits per heavy atom. The third kappa shape index (κ3) is 27.5. The average molecular weight is 527 g/mol. The molecule has 0 aromatic heterocycles. The number of hydrogen-bond donors (Lipinski definition) is 3. The minimum atomic E-state index is -0.633. The summed E-state index contributed by atoms with van der Waals surface area (Å²) in [5, 5.41) is 0. The van der Waals surface area contributed by atoms with Crippen LogP contribution in [0.15, 0.2) is 0 Å². The molecule has 36 heavy (non-hydrogen) atoms. The number of nitrogens with zero attached hydrogens (tertiary/aromatic N) is 1. The van der Waals surface area contributed by atoms with Crippen molar-refractivity contribution in [2.45, 2.75) is 26.4 Å². The number of nitrogens with two attached hydrogens (primary N) is 2. The van der Waals surface area contributed by atoms with E-state index in [0.717, 1.165) is 19.6 Å². The summed E-state index contributed by atoms with van der Waals surface area (Å²) in [5.74, 6) is 0. The Balaban J connectivity index is 3.85. The number of rotatable bonds is 26. The predicted octanol–water partition coefficient (Wildman–Crippen LogP) is -0.238. The molecule has 13 heteroatoms. The van der Waals surface area contributed by atoms with E-state index in [1.54, 1.807) is 20.8 Å². The van der Waals surface area contributed by atoms with Crippen molar-refractivity contribution < 1.29 is 42.8 Å². The Labute approximate surface area is 216 Å². The molecule has 0 unspecified atom stereocenters. The van der Waals surface area contributed by atoms with Gasteiger partial charge in [0.2, 0.25) is 0 Å². The lowest BCUT2D eigenvalue weighted by molar-refractivity contribution is -0.0339. The Kier molecular flexibility index (Phi) is 24.7. The monoisotopic (exact) mass is 526 g/mol. The van der Waals surface area contributed by atoms with Gasteiger partial charge in [-0.25, -0.2) is 4.79 Å². The quantitative estimate of drug-likeness (QED) is 0.100. The summed E-state index contributed by atoms with van der Waals surface area (Å²) in [4.78, 5) is 18.7. The number of nitrogens with one attached hydrogen (secondary N) is 1. The predicted molar refractivity (Wildman–Crippen MR) is 135 cm³/mol. The fourth-order valence-corrected chi connectivity index (χ4v) is 2.56. The van der Waals surface area contributed by atoms with Crippen molar-refractivity contribution >= 4 is 6.09 Å². The maximum absolute atomic E-state index is 11.4. The van der Waals surface area contributed by atoms with Gasteiger partial charge < -0.3 is 44.6 Å². The van der Waals surface area contributed by atoms with E-state index in [1.165, 1.54) is 0 Å². The van der Waals surface area contributed by atoms with Crippen LogP contribution in [0.2, 0.25) is 0 Å². The summed E-state index contributed by atoms with van der Waals surface area (Å²) in [6, 6.07) is 0. The first kappa shape index (κ1) is 34.9. The maximum atomic E-state index is 11.4. The van der Waals surface area contributed by atoms with E-state index in [1.807, 2.05) is 0 Å². The average Bonchev–Trinajstić information content (AvgIpc) is 2.82. The van der Waals surface area contributed by atoms with E-state index in [-0.39, 0.29) is 6.61 Å². The molecule has 0 fully saturated rings. The van der Waals surface area contributed by atoms with Gasteiger partial charge in [-0.15, -0.1) is 0 Å². The van der Waals surface area contributed by atoms with Crippen LogP contribution >= 0.6 is 0 Å². The van der Waals surface area contributed by atoms with E-state index in [2.05, 4.69) is 10.4 Å². The summed E-state index contributed by atoms with van der Waals surface area (Å²) < 4.78 is 38.0. The first-order valence-corrected chi connectivity index (χ1v) is 12.6. The zero-order chi connectivity index (χ0) is 26.7. The summed E-state index contributed by atoms with van der Waals surface area (Å²) in [6.07, 6.45) is -0.633. The molecule has 0 bridgehead atoms. The summed E-state index contributed by atoms with van der Waals surface area (Å²) in [7, 11) is 0. The molecule has 0 radical (unpaired) electrons. The van der Waals surface area contributed by atoms with Crippen LogP contribution in [0.1, 0.15) is 20.8 Å². The number of hydrogen-bond acceptors (Lipinski definition) is 12. The Morgan fingerprint density at radius 2 is 0.972 bits per heavy atom. The van der Waals surface area contributed by atoms with Crippen LogP contribution < -0.4 is 16.9 Å². The Hall–Kier alpha value is -1.13. The number of carbonyl (C=O) groups excluding carboxylic acids is 1. The second-order valence-corrected chi connectivity index (χ2v) is 8.55. The molecule has 0 aliphatic rings. The first-order chi connectivity index (χ1) is 17.4. The number of amides is 1. The molecular formula is C23H50N4O9. The molecule has 0 saturated heterocycles. The molecule has 5 N–H and O–H groups in total. The highest BCUT2D eigenvalue weighted by Gasteiger charge is 2.15. The third-order valence-corrected chi connectivity index (χ3v) is 4.18. The van der Waals surface area contributed by atoms with Crippen LogP contribution in [-0.4, -0.2) is 135 Å². The Morgan fingerprint density at radius 3 is 1.36 bits per heavy atom. The normalized spacial score (nSPS) is 11.8. The Bertz CT molecular complexity index is 467. The third-order valence-electron chi connectivity index (χ3n) is 4.18. The van der Waals surface area contributed by atoms with Crippen LogP contribution in [0, 0.1) is 0 Å². The van der Waals surface area contributed by atoms with Gasteiger partial charge >= 0.3 is 6.09 Å². The maximum Gasteiger partial charge on any atom is 0.431 e. The SMILES string of the molecule is CC(C)(C)OC(=O)NOCCOCCOCCN(CCOCCOCCN)CCOCCOCCN. The van der Waals surface area contributed by atoms with Crippen LogP contribution in [0.25, 0.3) is 0 Å². The summed E-state index contributed by atoms with van der Waals surface area (Å²) in [6.45, 7) is 15.0. The van der Waals surface area contributed by atoms with Gasteiger partial charge in [0.1, 0.15) is 5.60 Å². The molecule has 0 aliphatic carbocycles. The zero-order valence-electron chi connectivity index (χ0n) is 22.5. The van der Waals surface area contributed by atoms with Crippen molar-refractivity contribution in [1.82, 2.24) is 10.4 Å². The molecule has 0 saturated carbocycles. The fourth-order valence-electron chi connectivity index (χ4n) is 2.56. The molecule has 0 heterocycles. The molecule has 1 amide bonds. The summed E-state index contributed by atoms with van der Waals surface area (Å²) >= 11 is 0. The van der Waals surface area contributed by atoms with Crippen molar-refractivity contribution in [3.05, 3.63) is 0 Å². The van der Waals surface area contributed by atoms with Gasteiger partial charge in [0.25, 0.3) is 0 Å². The van der Waals surface area contributed by atoms with Gasteiger partial charge in [0.05, 0.1) is 85.9 Å². The van der Waals surface area contributed by atoms with Crippen molar-refractivity contribution in [3.8, 4) is 0 Å². The van der Waals surface area contributed by atoms with Crippen LogP contribution in [0.3, 0.4) is 0 Å². The van der Waals surface area contributed by atoms with Gasteiger partial charge in [-0.2, -0.15) is 5.48 Å². The highest BCUT2D eigenvalue weighted by Crippen LogP contribution is 2.06. The largest absolute Gasteiger partial charge is 0.442 e. The van der Waals surface area contributed by atoms with Gasteiger partial charge in [-0.05, 0) is 20.8 Å². The van der Waals surface area contributed by atoms with E-state index < -0.39 is 11.7 Å². The van der Waals surface area contributed by atoms with Crippen molar-refractivity contribution in [1.29, 1.82) is 0 Å². The highest BCUT2D eigenvalue weighted by molar-refractivity contribution is 5.66. The van der Waals surface area contributed by atoms with Gasteiger partial charge in [-0.1, -0.05) is 0 Å². The lowest BCUT2D eigenvalue weighted by atomic mass is 10.2. The second-order valence-electron chi connectivity index (χ2n) is 8.55. The van der Waals surface area contributed by atoms with E-state index >= 15 is 0 Å². The van der Waals surface area contributed by atoms with Gasteiger partial charge in [0, 0.05) is 32.7 Å². The molecule has 0 aromatic rings. The van der Waals surface area contributed by atoms with E-state index in [9.17, 15) is 4.79 Å². The van der Waals surface area contributed by atoms with Crippen LogP contribution in [0.4, 0.5) is 4.79 Å². The highest BCUT2D eigenvalue weighted by atomic mass is 16.7. The smallest absolute Gasteiger partial charge is 0.431 e. The lowest BCUT2D eigenvalue weighted by Gasteiger charge is -2.22. The molecule has 216 valence electrons. The van der Waals surface area contributed by atoms with Crippen LogP contribution in [0.5, 0.6) is 0 Å². The van der Waals surface area contributed by atoms with Crippen molar-refractivity contribution in [2.75, 3.05) is 119 Å². The van der Waals surface area contributed by atoms with E-state index in [4.69, 9.17) is 49.5 Å². The number of ether oxygens (including phenoxy) is 7. The zero-order valence-corrected chi connectivity index (χ0v) is 22.5. The standard InChI is InChI=1S/C23H50N4O9/c1-23(2,3)36-22(28)26-35-21-20-34-19-18-33-13-8-27(6-11-31-16-14-29-9-4-24)7-12-32-17-15-30-10-5-25/h4-21,24-25H2,1-3H3,(H,26,28). The molecule has 13 nitrogen and oxygen atoms in total. The lowest BCUT2D eigenvalue weighted by Crippen LogP contribution is -2.34. The minimum Gasteiger partial charge on any atom is -0.442 e. The first-order valence-electron chi connectivity index (χ1n) is 12.6.